The van der Waals surface area contributed by atoms with Gasteiger partial charge in [0.25, 0.3) is 5.91 Å². The van der Waals surface area contributed by atoms with Crippen molar-refractivity contribution in [2.24, 2.45) is 5.92 Å². The fourth-order valence-electron chi connectivity index (χ4n) is 2.07. The first-order valence-electron chi connectivity index (χ1n) is 6.70. The second kappa shape index (κ2) is 6.79. The molecule has 0 fully saturated rings. The van der Waals surface area contributed by atoms with Crippen LogP contribution in [0.2, 0.25) is 0 Å². The number of halogens is 1. The summed E-state index contributed by atoms with van der Waals surface area (Å²) in [5.74, 6) is 0.490. The summed E-state index contributed by atoms with van der Waals surface area (Å²) < 4.78 is 0. The van der Waals surface area contributed by atoms with Crippen LogP contribution in [0.25, 0.3) is 11.0 Å². The minimum absolute atomic E-state index is 0.107. The first-order valence-corrected chi connectivity index (χ1v) is 7.61. The van der Waals surface area contributed by atoms with Crippen LogP contribution in [0.5, 0.6) is 0 Å². The second-order valence-electron chi connectivity index (χ2n) is 5.17. The van der Waals surface area contributed by atoms with E-state index in [2.05, 4.69) is 45.1 Å². The summed E-state index contributed by atoms with van der Waals surface area (Å²) in [6, 6.07) is 5.45. The fraction of sp³-hybridized carbons (Fsp3) is 0.400. The second-order valence-corrected chi connectivity index (χ2v) is 6.46. The molecule has 0 radical (unpaired) electrons. The number of carbonyl (C=O) groups excluding carboxylic acids is 1. The van der Waals surface area contributed by atoms with Crippen LogP contribution < -0.4 is 5.32 Å². The van der Waals surface area contributed by atoms with Gasteiger partial charge in [0.15, 0.2) is 0 Å². The van der Waals surface area contributed by atoms with Crippen LogP contribution >= 0.6 is 15.9 Å². The molecule has 0 spiro atoms. The molecule has 0 aliphatic carbocycles. The van der Waals surface area contributed by atoms with Gasteiger partial charge in [0.05, 0.1) is 11.1 Å². The molecule has 1 unspecified atom stereocenters. The van der Waals surface area contributed by atoms with Crippen LogP contribution in [-0.4, -0.2) is 27.2 Å². The number of hydrogen-bond acceptors (Lipinski definition) is 3. The van der Waals surface area contributed by atoms with Gasteiger partial charge in [-0.2, -0.15) is 0 Å². The summed E-state index contributed by atoms with van der Waals surface area (Å²) in [5, 5.41) is 2.94. The van der Waals surface area contributed by atoms with E-state index >= 15 is 0 Å². The third-order valence-electron chi connectivity index (χ3n) is 2.95. The number of para-hydroxylation sites is 1. The highest BCUT2D eigenvalue weighted by Crippen LogP contribution is 2.15. The fourth-order valence-corrected chi connectivity index (χ4v) is 2.98. The van der Waals surface area contributed by atoms with Gasteiger partial charge >= 0.3 is 0 Å². The highest BCUT2D eigenvalue weighted by atomic mass is 79.9. The molecule has 1 N–H and O–H groups in total. The largest absolute Gasteiger partial charge is 0.351 e. The van der Waals surface area contributed by atoms with Crippen molar-refractivity contribution in [1.82, 2.24) is 15.3 Å². The van der Waals surface area contributed by atoms with Crippen molar-refractivity contribution in [1.29, 1.82) is 0 Å². The molecule has 0 aliphatic rings. The molecule has 0 saturated carbocycles. The summed E-state index contributed by atoms with van der Waals surface area (Å²) in [4.78, 5) is 21.0. The zero-order valence-electron chi connectivity index (χ0n) is 11.6. The Morgan fingerprint density at radius 1 is 1.30 bits per heavy atom. The average molecular weight is 336 g/mol. The van der Waals surface area contributed by atoms with Crippen LogP contribution in [0.4, 0.5) is 0 Å². The van der Waals surface area contributed by atoms with Crippen molar-refractivity contribution >= 4 is 32.9 Å². The van der Waals surface area contributed by atoms with Gasteiger partial charge in [0.2, 0.25) is 0 Å². The molecule has 1 amide bonds. The zero-order chi connectivity index (χ0) is 14.5. The van der Waals surface area contributed by atoms with Gasteiger partial charge in [0.1, 0.15) is 5.52 Å². The van der Waals surface area contributed by atoms with Crippen molar-refractivity contribution in [3.05, 3.63) is 36.2 Å². The highest BCUT2D eigenvalue weighted by Gasteiger charge is 2.13. The minimum Gasteiger partial charge on any atom is -0.351 e. The Labute approximate surface area is 127 Å². The average Bonchev–Trinajstić information content (AvgIpc) is 2.43. The lowest BCUT2D eigenvalue weighted by molar-refractivity contribution is 0.0955. The lowest BCUT2D eigenvalue weighted by atomic mass is 10.1. The molecular weight excluding hydrogens is 318 g/mol. The smallest absolute Gasteiger partial charge is 0.253 e. The first-order chi connectivity index (χ1) is 9.58. The van der Waals surface area contributed by atoms with Crippen LogP contribution in [0.1, 0.15) is 30.6 Å². The number of nitrogens with zero attached hydrogens (tertiary/aromatic N) is 2. The van der Waals surface area contributed by atoms with Crippen molar-refractivity contribution < 1.29 is 4.79 Å². The molecule has 20 heavy (non-hydrogen) atoms. The van der Waals surface area contributed by atoms with E-state index in [9.17, 15) is 4.79 Å². The van der Waals surface area contributed by atoms with Crippen LogP contribution in [0, 0.1) is 5.92 Å². The Balaban J connectivity index is 2.08. The predicted octanol–water partition coefficient (Wildman–Crippen LogP) is 3.17. The van der Waals surface area contributed by atoms with E-state index in [1.54, 1.807) is 18.5 Å². The Bertz CT molecular complexity index is 595. The van der Waals surface area contributed by atoms with Crippen molar-refractivity contribution in [3.63, 3.8) is 0 Å². The molecule has 106 valence electrons. The quantitative estimate of drug-likeness (QED) is 0.854. The van der Waals surface area contributed by atoms with E-state index in [0.29, 0.717) is 23.5 Å². The molecule has 0 bridgehead atoms. The number of rotatable bonds is 5. The van der Waals surface area contributed by atoms with E-state index in [-0.39, 0.29) is 10.7 Å². The minimum atomic E-state index is -0.107. The number of hydrogen-bond donors (Lipinski definition) is 1. The van der Waals surface area contributed by atoms with Crippen molar-refractivity contribution in [2.45, 2.75) is 25.1 Å². The Morgan fingerprint density at radius 3 is 2.80 bits per heavy atom. The molecule has 4 nitrogen and oxygen atoms in total. The Morgan fingerprint density at radius 2 is 2.05 bits per heavy atom. The molecule has 1 heterocycles. The van der Waals surface area contributed by atoms with E-state index < -0.39 is 0 Å². The molecular formula is C15H18BrN3O. The van der Waals surface area contributed by atoms with Crippen molar-refractivity contribution in [3.8, 4) is 0 Å². The number of amides is 1. The topological polar surface area (TPSA) is 54.9 Å². The molecule has 2 aromatic rings. The van der Waals surface area contributed by atoms with Crippen LogP contribution in [0.3, 0.4) is 0 Å². The maximum atomic E-state index is 12.2. The lowest BCUT2D eigenvalue weighted by Crippen LogP contribution is -2.30. The van der Waals surface area contributed by atoms with Gasteiger partial charge in [-0.3, -0.25) is 14.8 Å². The SMILES string of the molecule is CC(C)CC(Br)CNC(=O)c1cccc2nccnc12. The van der Waals surface area contributed by atoms with Gasteiger partial charge < -0.3 is 5.32 Å². The van der Waals surface area contributed by atoms with Crippen LogP contribution in [-0.2, 0) is 0 Å². The highest BCUT2D eigenvalue weighted by molar-refractivity contribution is 9.09. The van der Waals surface area contributed by atoms with Gasteiger partial charge in [-0.15, -0.1) is 0 Å². The number of aromatic nitrogens is 2. The van der Waals surface area contributed by atoms with Gasteiger partial charge in [-0.05, 0) is 24.5 Å². The molecule has 0 aliphatic heterocycles. The molecule has 1 aromatic heterocycles. The van der Waals surface area contributed by atoms with E-state index in [1.807, 2.05) is 12.1 Å². The number of nitrogens with one attached hydrogen (secondary N) is 1. The van der Waals surface area contributed by atoms with E-state index in [4.69, 9.17) is 0 Å². The molecule has 1 aromatic carbocycles. The predicted molar refractivity (Wildman–Crippen MR) is 84.0 cm³/mol. The monoisotopic (exact) mass is 335 g/mol. The molecule has 1 atom stereocenters. The van der Waals surface area contributed by atoms with Gasteiger partial charge in [-0.1, -0.05) is 35.8 Å². The summed E-state index contributed by atoms with van der Waals surface area (Å²) in [6.45, 7) is 4.93. The van der Waals surface area contributed by atoms with Gasteiger partial charge in [-0.25, -0.2) is 0 Å². The maximum absolute atomic E-state index is 12.2. The third kappa shape index (κ3) is 3.76. The number of benzene rings is 1. The molecule has 2 rings (SSSR count). The number of carbonyl (C=O) groups is 1. The Kier molecular flexibility index (Phi) is 5.06. The lowest BCUT2D eigenvalue weighted by Gasteiger charge is -2.13. The maximum Gasteiger partial charge on any atom is 0.253 e. The zero-order valence-corrected chi connectivity index (χ0v) is 13.2. The van der Waals surface area contributed by atoms with E-state index in [1.165, 1.54) is 0 Å². The van der Waals surface area contributed by atoms with Gasteiger partial charge in [0, 0.05) is 23.8 Å². The summed E-state index contributed by atoms with van der Waals surface area (Å²) >= 11 is 3.59. The third-order valence-corrected chi connectivity index (χ3v) is 3.65. The standard InChI is InChI=1S/C15H18BrN3O/c1-10(2)8-11(16)9-19-15(20)12-4-3-5-13-14(12)18-7-6-17-13/h3-7,10-11H,8-9H2,1-2H3,(H,19,20). The molecule has 0 saturated heterocycles. The molecule has 5 heteroatoms. The summed E-state index contributed by atoms with van der Waals surface area (Å²) in [7, 11) is 0. The first kappa shape index (κ1) is 14.9. The Hall–Kier alpha value is -1.49. The van der Waals surface area contributed by atoms with Crippen LogP contribution in [0.15, 0.2) is 30.6 Å². The van der Waals surface area contributed by atoms with Crippen molar-refractivity contribution in [2.75, 3.05) is 6.54 Å². The summed E-state index contributed by atoms with van der Waals surface area (Å²) in [6.07, 6.45) is 4.25. The number of fused-ring (bicyclic) bond motifs is 1. The summed E-state index contributed by atoms with van der Waals surface area (Å²) in [5.41, 5.74) is 1.94. The van der Waals surface area contributed by atoms with E-state index in [0.717, 1.165) is 11.9 Å². The number of alkyl halides is 1. The normalized spacial score (nSPS) is 12.6.